The molecule has 0 N–H and O–H groups in total. The second kappa shape index (κ2) is 7.66. The van der Waals surface area contributed by atoms with Crippen LogP contribution in [0.1, 0.15) is 53.4 Å². The lowest BCUT2D eigenvalue weighted by atomic mass is 9.98. The molecule has 3 nitrogen and oxygen atoms in total. The minimum absolute atomic E-state index is 0.0741. The van der Waals surface area contributed by atoms with E-state index in [4.69, 9.17) is 4.74 Å². The molecule has 1 aromatic rings. The third kappa shape index (κ3) is 4.02. The van der Waals surface area contributed by atoms with Crippen molar-refractivity contribution >= 4 is 11.7 Å². The van der Waals surface area contributed by atoms with Gasteiger partial charge in [0.1, 0.15) is 6.04 Å². The SMILES string of the molecule is CC(C)OC(=O)C(C(C)C)N(c1ccccc1)C1CCCC1. The summed E-state index contributed by atoms with van der Waals surface area (Å²) >= 11 is 0. The molecule has 0 spiro atoms. The van der Waals surface area contributed by atoms with E-state index >= 15 is 0 Å². The Morgan fingerprint density at radius 1 is 1.09 bits per heavy atom. The maximum atomic E-state index is 12.7. The Labute approximate surface area is 134 Å². The number of carbonyl (C=O) groups is 1. The quantitative estimate of drug-likeness (QED) is 0.729. The van der Waals surface area contributed by atoms with E-state index in [-0.39, 0.29) is 24.0 Å². The maximum absolute atomic E-state index is 12.7. The fraction of sp³-hybridized carbons (Fsp3) is 0.632. The highest BCUT2D eigenvalue weighted by Gasteiger charge is 2.36. The molecule has 1 aliphatic rings. The van der Waals surface area contributed by atoms with Gasteiger partial charge in [0.25, 0.3) is 0 Å². The van der Waals surface area contributed by atoms with Gasteiger partial charge < -0.3 is 9.64 Å². The van der Waals surface area contributed by atoms with E-state index in [1.165, 1.54) is 12.8 Å². The number of hydrogen-bond acceptors (Lipinski definition) is 3. The highest BCUT2D eigenvalue weighted by atomic mass is 16.5. The van der Waals surface area contributed by atoms with Crippen LogP contribution in [0.4, 0.5) is 5.69 Å². The Kier molecular flexibility index (Phi) is 5.87. The third-order valence-corrected chi connectivity index (χ3v) is 4.30. The van der Waals surface area contributed by atoms with E-state index in [0.717, 1.165) is 18.5 Å². The first-order chi connectivity index (χ1) is 10.5. The number of esters is 1. The smallest absolute Gasteiger partial charge is 0.329 e. The first kappa shape index (κ1) is 16.9. The fourth-order valence-corrected chi connectivity index (χ4v) is 3.39. The topological polar surface area (TPSA) is 29.5 Å². The monoisotopic (exact) mass is 303 g/mol. The van der Waals surface area contributed by atoms with Crippen molar-refractivity contribution in [2.75, 3.05) is 4.90 Å². The molecule has 22 heavy (non-hydrogen) atoms. The van der Waals surface area contributed by atoms with Gasteiger partial charge in [-0.25, -0.2) is 4.79 Å². The maximum Gasteiger partial charge on any atom is 0.329 e. The van der Waals surface area contributed by atoms with Crippen LogP contribution >= 0.6 is 0 Å². The van der Waals surface area contributed by atoms with E-state index < -0.39 is 0 Å². The van der Waals surface area contributed by atoms with E-state index in [0.29, 0.717) is 6.04 Å². The first-order valence-corrected chi connectivity index (χ1v) is 8.54. The van der Waals surface area contributed by atoms with Gasteiger partial charge in [-0.2, -0.15) is 0 Å². The lowest BCUT2D eigenvalue weighted by Gasteiger charge is -2.39. The molecule has 1 fully saturated rings. The van der Waals surface area contributed by atoms with Crippen molar-refractivity contribution in [2.45, 2.75) is 71.6 Å². The molecule has 0 saturated heterocycles. The normalized spacial score (nSPS) is 17.0. The van der Waals surface area contributed by atoms with Crippen molar-refractivity contribution in [2.24, 2.45) is 5.92 Å². The Bertz CT molecular complexity index is 464. The molecule has 0 amide bonds. The molecule has 122 valence electrons. The zero-order valence-corrected chi connectivity index (χ0v) is 14.3. The molecule has 2 rings (SSSR count). The largest absolute Gasteiger partial charge is 0.461 e. The molecule has 1 saturated carbocycles. The van der Waals surface area contributed by atoms with Crippen LogP contribution < -0.4 is 4.90 Å². The van der Waals surface area contributed by atoms with Crippen LogP contribution in [0, 0.1) is 5.92 Å². The number of para-hydroxylation sites is 1. The predicted molar refractivity (Wildman–Crippen MR) is 91.0 cm³/mol. The van der Waals surface area contributed by atoms with E-state index in [9.17, 15) is 4.79 Å². The Balaban J connectivity index is 2.33. The van der Waals surface area contributed by atoms with Crippen molar-refractivity contribution in [3.8, 4) is 0 Å². The molecule has 1 aliphatic carbocycles. The minimum atomic E-state index is -0.215. The lowest BCUT2D eigenvalue weighted by Crippen LogP contribution is -2.50. The molecule has 3 heteroatoms. The lowest BCUT2D eigenvalue weighted by molar-refractivity contribution is -0.150. The minimum Gasteiger partial charge on any atom is -0.461 e. The molecule has 0 heterocycles. The summed E-state index contributed by atoms with van der Waals surface area (Å²) < 4.78 is 5.56. The summed E-state index contributed by atoms with van der Waals surface area (Å²) in [7, 11) is 0. The van der Waals surface area contributed by atoms with Crippen LogP contribution in [0.3, 0.4) is 0 Å². The van der Waals surface area contributed by atoms with Crippen LogP contribution in [0.15, 0.2) is 30.3 Å². The number of carbonyl (C=O) groups excluding carboxylic acids is 1. The van der Waals surface area contributed by atoms with Crippen molar-refractivity contribution in [1.29, 1.82) is 0 Å². The van der Waals surface area contributed by atoms with E-state index in [1.54, 1.807) is 0 Å². The molecular formula is C19H29NO2. The average Bonchev–Trinajstić information content (AvgIpc) is 2.97. The van der Waals surface area contributed by atoms with Gasteiger partial charge in [-0.05, 0) is 44.7 Å². The number of hydrogen-bond donors (Lipinski definition) is 0. The van der Waals surface area contributed by atoms with Crippen LogP contribution in [-0.4, -0.2) is 24.2 Å². The van der Waals surface area contributed by atoms with Crippen molar-refractivity contribution in [3.05, 3.63) is 30.3 Å². The van der Waals surface area contributed by atoms with Gasteiger partial charge in [0, 0.05) is 11.7 Å². The molecule has 0 aromatic heterocycles. The summed E-state index contributed by atoms with van der Waals surface area (Å²) in [6.07, 6.45) is 4.74. The van der Waals surface area contributed by atoms with E-state index in [2.05, 4.69) is 30.9 Å². The predicted octanol–water partition coefficient (Wildman–Crippen LogP) is 4.41. The zero-order chi connectivity index (χ0) is 16.1. The van der Waals surface area contributed by atoms with Gasteiger partial charge >= 0.3 is 5.97 Å². The summed E-state index contributed by atoms with van der Waals surface area (Å²) in [6.45, 7) is 8.05. The molecular weight excluding hydrogens is 274 g/mol. The van der Waals surface area contributed by atoms with Gasteiger partial charge in [0.2, 0.25) is 0 Å². The van der Waals surface area contributed by atoms with Gasteiger partial charge in [0.05, 0.1) is 6.10 Å². The molecule has 1 unspecified atom stereocenters. The number of benzene rings is 1. The van der Waals surface area contributed by atoms with Crippen LogP contribution in [-0.2, 0) is 9.53 Å². The summed E-state index contributed by atoms with van der Waals surface area (Å²) in [5.74, 6) is 0.118. The standard InChI is InChI=1S/C19H29NO2/c1-14(2)18(19(21)22-15(3)4)20(17-12-8-9-13-17)16-10-6-5-7-11-16/h5-7,10-11,14-15,17-18H,8-9,12-13H2,1-4H3. The highest BCUT2D eigenvalue weighted by molar-refractivity contribution is 5.81. The van der Waals surface area contributed by atoms with Crippen molar-refractivity contribution in [3.63, 3.8) is 0 Å². The molecule has 0 bridgehead atoms. The second-order valence-electron chi connectivity index (χ2n) is 6.86. The molecule has 1 atom stereocenters. The Morgan fingerprint density at radius 3 is 2.18 bits per heavy atom. The molecule has 0 aliphatic heterocycles. The van der Waals surface area contributed by atoms with Crippen molar-refractivity contribution in [1.82, 2.24) is 0 Å². The fourth-order valence-electron chi connectivity index (χ4n) is 3.39. The van der Waals surface area contributed by atoms with Crippen molar-refractivity contribution < 1.29 is 9.53 Å². The van der Waals surface area contributed by atoms with Crippen LogP contribution in [0.2, 0.25) is 0 Å². The van der Waals surface area contributed by atoms with Crippen LogP contribution in [0.5, 0.6) is 0 Å². The second-order valence-corrected chi connectivity index (χ2v) is 6.86. The first-order valence-electron chi connectivity index (χ1n) is 8.54. The van der Waals surface area contributed by atoms with Crippen LogP contribution in [0.25, 0.3) is 0 Å². The average molecular weight is 303 g/mol. The summed E-state index contributed by atoms with van der Waals surface area (Å²) in [5, 5.41) is 0. The van der Waals surface area contributed by atoms with Gasteiger partial charge in [0.15, 0.2) is 0 Å². The highest BCUT2D eigenvalue weighted by Crippen LogP contribution is 2.32. The third-order valence-electron chi connectivity index (χ3n) is 4.30. The number of nitrogens with zero attached hydrogens (tertiary/aromatic N) is 1. The van der Waals surface area contributed by atoms with Gasteiger partial charge in [-0.1, -0.05) is 44.9 Å². The summed E-state index contributed by atoms with van der Waals surface area (Å²) in [5.41, 5.74) is 1.13. The molecule has 0 radical (unpaired) electrons. The summed E-state index contributed by atoms with van der Waals surface area (Å²) in [4.78, 5) is 15.0. The summed E-state index contributed by atoms with van der Waals surface area (Å²) in [6, 6.07) is 10.5. The van der Waals surface area contributed by atoms with Gasteiger partial charge in [-0.15, -0.1) is 0 Å². The Hall–Kier alpha value is -1.51. The number of anilines is 1. The number of rotatable bonds is 6. The zero-order valence-electron chi connectivity index (χ0n) is 14.3. The number of ether oxygens (including phenoxy) is 1. The Morgan fingerprint density at radius 2 is 1.68 bits per heavy atom. The van der Waals surface area contributed by atoms with E-state index in [1.807, 2.05) is 32.0 Å². The van der Waals surface area contributed by atoms with Gasteiger partial charge in [-0.3, -0.25) is 0 Å². The molecule has 1 aromatic carbocycles.